The number of halogens is 2. The van der Waals surface area contributed by atoms with Gasteiger partial charge in [-0.15, -0.1) is 0 Å². The summed E-state index contributed by atoms with van der Waals surface area (Å²) in [7, 11) is 0. The van der Waals surface area contributed by atoms with E-state index in [1.807, 2.05) is 31.2 Å². The number of ether oxygens (including phenoxy) is 2. The zero-order chi connectivity index (χ0) is 20.3. The van der Waals surface area contributed by atoms with Crippen LogP contribution in [-0.2, 0) is 11.2 Å². The number of hydrogen-bond donors (Lipinski definition) is 3. The van der Waals surface area contributed by atoms with E-state index in [2.05, 4.69) is 0 Å². The van der Waals surface area contributed by atoms with Crippen LogP contribution in [0.1, 0.15) is 29.7 Å². The first-order valence-electron chi connectivity index (χ1n) is 9.21. The molecule has 0 amide bonds. The third kappa shape index (κ3) is 4.47. The summed E-state index contributed by atoms with van der Waals surface area (Å²) in [6, 6.07) is 12.8. The van der Waals surface area contributed by atoms with Crippen molar-refractivity contribution in [3.8, 4) is 5.75 Å². The van der Waals surface area contributed by atoms with Crippen LogP contribution in [0.3, 0.4) is 0 Å². The van der Waals surface area contributed by atoms with Crippen LogP contribution in [0.25, 0.3) is 0 Å². The summed E-state index contributed by atoms with van der Waals surface area (Å²) in [5.74, 6) is 0.787. The minimum atomic E-state index is -1.85. The summed E-state index contributed by atoms with van der Waals surface area (Å²) in [5.41, 5.74) is 2.38. The van der Waals surface area contributed by atoms with Gasteiger partial charge in [-0.3, -0.25) is 0 Å². The first-order valence-corrected chi connectivity index (χ1v) is 9.59. The summed E-state index contributed by atoms with van der Waals surface area (Å²) in [6.07, 6.45) is -6.56. The van der Waals surface area contributed by atoms with Crippen molar-refractivity contribution in [1.29, 1.82) is 0 Å². The highest BCUT2D eigenvalue weighted by molar-refractivity contribution is 6.31. The Bertz CT molecular complexity index is 783. The zero-order valence-electron chi connectivity index (χ0n) is 15.5. The molecule has 0 bridgehead atoms. The molecule has 1 fully saturated rings. The number of rotatable bonds is 6. The third-order valence-corrected chi connectivity index (χ3v) is 5.24. The molecule has 5 nitrogen and oxygen atoms in total. The topological polar surface area (TPSA) is 79.2 Å². The van der Waals surface area contributed by atoms with E-state index in [1.165, 1.54) is 0 Å². The fourth-order valence-corrected chi connectivity index (χ4v) is 3.53. The standard InChI is InChI=1S/C21H24ClFO5/c1-2-27-15-6-3-12(4-7-15)9-14-10-13(5-8-16(14)22)21-20(26)19(25)18(23)17(11-24)28-21/h3-8,10,17-21,24-26H,2,9,11H2,1H3. The normalized spacial score (nSPS) is 27.6. The molecule has 1 aliphatic rings. The molecule has 1 aliphatic heterocycles. The van der Waals surface area contributed by atoms with Crippen LogP contribution in [0, 0.1) is 0 Å². The van der Waals surface area contributed by atoms with Gasteiger partial charge in [0.1, 0.15) is 30.2 Å². The van der Waals surface area contributed by atoms with Crippen molar-refractivity contribution in [3.05, 3.63) is 64.2 Å². The van der Waals surface area contributed by atoms with Crippen LogP contribution in [0.5, 0.6) is 5.75 Å². The van der Waals surface area contributed by atoms with Gasteiger partial charge in [0, 0.05) is 5.02 Å². The Morgan fingerprint density at radius 1 is 1.11 bits per heavy atom. The molecular formula is C21H24ClFO5. The van der Waals surface area contributed by atoms with Crippen molar-refractivity contribution in [3.63, 3.8) is 0 Å². The molecule has 7 heteroatoms. The molecule has 2 aromatic carbocycles. The second-order valence-electron chi connectivity index (χ2n) is 6.81. The second-order valence-corrected chi connectivity index (χ2v) is 7.22. The summed E-state index contributed by atoms with van der Waals surface area (Å²) >= 11 is 6.33. The summed E-state index contributed by atoms with van der Waals surface area (Å²) in [4.78, 5) is 0. The maximum absolute atomic E-state index is 14.0. The van der Waals surface area contributed by atoms with Gasteiger partial charge in [-0.1, -0.05) is 35.9 Å². The quantitative estimate of drug-likeness (QED) is 0.682. The highest BCUT2D eigenvalue weighted by Crippen LogP contribution is 2.35. The average Bonchev–Trinajstić information content (AvgIpc) is 2.70. The Morgan fingerprint density at radius 3 is 2.46 bits per heavy atom. The van der Waals surface area contributed by atoms with Crippen molar-refractivity contribution in [2.24, 2.45) is 0 Å². The Kier molecular flexibility index (Phi) is 6.91. The van der Waals surface area contributed by atoms with Gasteiger partial charge in [-0.2, -0.15) is 0 Å². The molecule has 3 N–H and O–H groups in total. The number of alkyl halides is 1. The fourth-order valence-electron chi connectivity index (χ4n) is 3.35. The van der Waals surface area contributed by atoms with Gasteiger partial charge in [0.05, 0.1) is 13.2 Å². The summed E-state index contributed by atoms with van der Waals surface area (Å²) in [5, 5.41) is 30.1. The Labute approximate surface area is 168 Å². The van der Waals surface area contributed by atoms with E-state index in [9.17, 15) is 19.7 Å². The van der Waals surface area contributed by atoms with Gasteiger partial charge in [0.25, 0.3) is 0 Å². The highest BCUT2D eigenvalue weighted by Gasteiger charge is 2.45. The molecule has 5 unspecified atom stereocenters. The van der Waals surface area contributed by atoms with Gasteiger partial charge in [-0.25, -0.2) is 4.39 Å². The van der Waals surface area contributed by atoms with E-state index in [0.717, 1.165) is 16.9 Å². The lowest BCUT2D eigenvalue weighted by Crippen LogP contribution is -2.53. The fraction of sp³-hybridized carbons (Fsp3) is 0.429. The number of aliphatic hydroxyl groups is 3. The molecule has 0 aliphatic carbocycles. The van der Waals surface area contributed by atoms with Crippen LogP contribution in [0.2, 0.25) is 5.02 Å². The lowest BCUT2D eigenvalue weighted by atomic mass is 9.90. The van der Waals surface area contributed by atoms with Gasteiger partial charge < -0.3 is 24.8 Å². The Morgan fingerprint density at radius 2 is 1.82 bits per heavy atom. The van der Waals surface area contributed by atoms with Crippen molar-refractivity contribution in [2.45, 2.75) is 43.9 Å². The molecule has 28 heavy (non-hydrogen) atoms. The summed E-state index contributed by atoms with van der Waals surface area (Å²) in [6.45, 7) is 1.93. The van der Waals surface area contributed by atoms with Crippen LogP contribution in [-0.4, -0.2) is 53.0 Å². The lowest BCUT2D eigenvalue weighted by Gasteiger charge is -2.39. The molecule has 0 aromatic heterocycles. The van der Waals surface area contributed by atoms with Gasteiger partial charge in [-0.05, 0) is 48.2 Å². The molecule has 152 valence electrons. The molecule has 1 heterocycles. The van der Waals surface area contributed by atoms with Gasteiger partial charge in [0.2, 0.25) is 0 Å². The van der Waals surface area contributed by atoms with E-state index < -0.39 is 37.2 Å². The molecule has 0 radical (unpaired) electrons. The van der Waals surface area contributed by atoms with E-state index in [1.54, 1.807) is 18.2 Å². The van der Waals surface area contributed by atoms with E-state index >= 15 is 0 Å². The SMILES string of the molecule is CCOc1ccc(Cc2cc(C3OC(CO)C(F)C(O)C3O)ccc2Cl)cc1. The second kappa shape index (κ2) is 9.20. The zero-order valence-corrected chi connectivity index (χ0v) is 16.2. The van der Waals surface area contributed by atoms with Crippen LogP contribution in [0.15, 0.2) is 42.5 Å². The molecular weight excluding hydrogens is 387 g/mol. The minimum Gasteiger partial charge on any atom is -0.494 e. The molecule has 3 rings (SSSR count). The van der Waals surface area contributed by atoms with Crippen molar-refractivity contribution in [1.82, 2.24) is 0 Å². The maximum atomic E-state index is 14.0. The molecule has 1 saturated heterocycles. The molecule has 2 aromatic rings. The lowest BCUT2D eigenvalue weighted by molar-refractivity contribution is -0.214. The van der Waals surface area contributed by atoms with Crippen LogP contribution >= 0.6 is 11.6 Å². The highest BCUT2D eigenvalue weighted by atomic mass is 35.5. The van der Waals surface area contributed by atoms with Crippen LogP contribution in [0.4, 0.5) is 4.39 Å². The Hall–Kier alpha value is -1.70. The third-order valence-electron chi connectivity index (χ3n) is 4.87. The van der Waals surface area contributed by atoms with Crippen LogP contribution < -0.4 is 4.74 Å². The number of benzene rings is 2. The smallest absolute Gasteiger partial charge is 0.157 e. The van der Waals surface area contributed by atoms with Crippen molar-refractivity contribution in [2.75, 3.05) is 13.2 Å². The van der Waals surface area contributed by atoms with Crippen molar-refractivity contribution < 1.29 is 29.2 Å². The first kappa shape index (κ1) is 21.0. The van der Waals surface area contributed by atoms with Crippen molar-refractivity contribution >= 4 is 11.6 Å². The number of aliphatic hydroxyl groups excluding tert-OH is 3. The average molecular weight is 411 g/mol. The molecule has 0 spiro atoms. The van der Waals surface area contributed by atoms with Gasteiger partial charge >= 0.3 is 0 Å². The summed E-state index contributed by atoms with van der Waals surface area (Å²) < 4.78 is 24.9. The van der Waals surface area contributed by atoms with E-state index in [-0.39, 0.29) is 0 Å². The molecule has 5 atom stereocenters. The maximum Gasteiger partial charge on any atom is 0.157 e. The number of hydrogen-bond acceptors (Lipinski definition) is 5. The molecule has 0 saturated carbocycles. The minimum absolute atomic E-state index is 0.541. The predicted molar refractivity (Wildman–Crippen MR) is 103 cm³/mol. The van der Waals surface area contributed by atoms with E-state index in [4.69, 9.17) is 21.1 Å². The monoisotopic (exact) mass is 410 g/mol. The first-order chi connectivity index (χ1) is 13.4. The Balaban J connectivity index is 1.82. The van der Waals surface area contributed by atoms with Gasteiger partial charge in [0.15, 0.2) is 6.17 Å². The largest absolute Gasteiger partial charge is 0.494 e. The predicted octanol–water partition coefficient (Wildman–Crippen LogP) is 2.82. The van der Waals surface area contributed by atoms with E-state index in [0.29, 0.717) is 23.6 Å².